The lowest BCUT2D eigenvalue weighted by atomic mass is 10.0. The zero-order chi connectivity index (χ0) is 18.9. The SMILES string of the molecule is CCOC(=O)N1CCC(N(CC(=O)NCc2cccnc2)C(C)=O)CC1. The molecule has 0 radical (unpaired) electrons. The number of likely N-dealkylation sites (tertiary alicyclic amines) is 1. The van der Waals surface area contributed by atoms with Gasteiger partial charge < -0.3 is 19.9 Å². The highest BCUT2D eigenvalue weighted by Crippen LogP contribution is 2.17. The number of aromatic nitrogens is 1. The van der Waals surface area contributed by atoms with Crippen LogP contribution in [-0.4, -0.2) is 65.0 Å². The van der Waals surface area contributed by atoms with E-state index in [1.54, 1.807) is 35.2 Å². The highest BCUT2D eigenvalue weighted by atomic mass is 16.6. The zero-order valence-corrected chi connectivity index (χ0v) is 15.3. The molecule has 0 unspecified atom stereocenters. The van der Waals surface area contributed by atoms with Crippen LogP contribution in [0.1, 0.15) is 32.3 Å². The molecule has 1 saturated heterocycles. The number of hydrogen-bond donors (Lipinski definition) is 1. The fourth-order valence-corrected chi connectivity index (χ4v) is 2.99. The normalized spacial score (nSPS) is 14.6. The first-order valence-electron chi connectivity index (χ1n) is 8.85. The maximum absolute atomic E-state index is 12.2. The fourth-order valence-electron chi connectivity index (χ4n) is 2.99. The lowest BCUT2D eigenvalue weighted by Gasteiger charge is -2.37. The maximum atomic E-state index is 12.2. The molecular formula is C18H26N4O4. The fraction of sp³-hybridized carbons (Fsp3) is 0.556. The Bertz CT molecular complexity index is 615. The maximum Gasteiger partial charge on any atom is 0.409 e. The standard InChI is InChI=1S/C18H26N4O4/c1-3-26-18(25)21-9-6-16(7-10-21)22(14(2)23)13-17(24)20-12-15-5-4-8-19-11-15/h4-5,8,11,16H,3,6-7,9-10,12-13H2,1-2H3,(H,20,24). The summed E-state index contributed by atoms with van der Waals surface area (Å²) >= 11 is 0. The Kier molecular flexibility index (Phi) is 7.37. The molecule has 1 N–H and O–H groups in total. The number of nitrogens with one attached hydrogen (secondary N) is 1. The minimum atomic E-state index is -0.325. The Labute approximate surface area is 153 Å². The molecule has 1 aromatic rings. The van der Waals surface area contributed by atoms with E-state index in [2.05, 4.69) is 10.3 Å². The van der Waals surface area contributed by atoms with Crippen LogP contribution in [0.5, 0.6) is 0 Å². The van der Waals surface area contributed by atoms with E-state index in [9.17, 15) is 14.4 Å². The van der Waals surface area contributed by atoms with Crippen molar-refractivity contribution in [2.75, 3.05) is 26.2 Å². The van der Waals surface area contributed by atoms with Crippen molar-refractivity contribution in [1.29, 1.82) is 0 Å². The largest absolute Gasteiger partial charge is 0.450 e. The van der Waals surface area contributed by atoms with Gasteiger partial charge in [-0.15, -0.1) is 0 Å². The first-order chi connectivity index (χ1) is 12.5. The van der Waals surface area contributed by atoms with Crippen molar-refractivity contribution in [1.82, 2.24) is 20.1 Å². The topological polar surface area (TPSA) is 91.8 Å². The molecule has 1 aromatic heterocycles. The van der Waals surface area contributed by atoms with Crippen LogP contribution in [0.4, 0.5) is 4.79 Å². The minimum absolute atomic E-state index is 0.0136. The van der Waals surface area contributed by atoms with Crippen molar-refractivity contribution in [3.63, 3.8) is 0 Å². The number of rotatable bonds is 6. The summed E-state index contributed by atoms with van der Waals surface area (Å²) in [5.41, 5.74) is 0.901. The van der Waals surface area contributed by atoms with Crippen molar-refractivity contribution in [3.05, 3.63) is 30.1 Å². The number of ether oxygens (including phenoxy) is 1. The summed E-state index contributed by atoms with van der Waals surface area (Å²) in [6, 6.07) is 3.63. The second kappa shape index (κ2) is 9.74. The van der Waals surface area contributed by atoms with Gasteiger partial charge in [0.1, 0.15) is 0 Å². The van der Waals surface area contributed by atoms with Gasteiger partial charge in [0.2, 0.25) is 11.8 Å². The molecule has 0 aromatic carbocycles. The van der Waals surface area contributed by atoms with Gasteiger partial charge in [0.25, 0.3) is 0 Å². The van der Waals surface area contributed by atoms with Gasteiger partial charge in [-0.05, 0) is 31.4 Å². The molecule has 2 rings (SSSR count). The number of carbonyl (C=O) groups is 3. The number of amides is 3. The van der Waals surface area contributed by atoms with Gasteiger partial charge in [0, 0.05) is 45.0 Å². The highest BCUT2D eigenvalue weighted by molar-refractivity contribution is 5.84. The van der Waals surface area contributed by atoms with Crippen LogP contribution in [0.25, 0.3) is 0 Å². The van der Waals surface area contributed by atoms with Crippen LogP contribution in [0.15, 0.2) is 24.5 Å². The molecule has 8 heteroatoms. The van der Waals surface area contributed by atoms with Crippen LogP contribution in [0, 0.1) is 0 Å². The predicted octanol–water partition coefficient (Wildman–Crippen LogP) is 1.17. The second-order valence-corrected chi connectivity index (χ2v) is 6.20. The number of piperidine rings is 1. The van der Waals surface area contributed by atoms with Crippen molar-refractivity contribution in [2.24, 2.45) is 0 Å². The second-order valence-electron chi connectivity index (χ2n) is 6.20. The first kappa shape index (κ1) is 19.7. The molecule has 0 spiro atoms. The van der Waals surface area contributed by atoms with Crippen LogP contribution in [-0.2, 0) is 20.9 Å². The van der Waals surface area contributed by atoms with Gasteiger partial charge >= 0.3 is 6.09 Å². The lowest BCUT2D eigenvalue weighted by Crippen LogP contribution is -2.51. The monoisotopic (exact) mass is 362 g/mol. The summed E-state index contributed by atoms with van der Waals surface area (Å²) in [5.74, 6) is -0.354. The zero-order valence-electron chi connectivity index (χ0n) is 15.3. The molecule has 1 fully saturated rings. The average molecular weight is 362 g/mol. The molecule has 0 aliphatic carbocycles. The average Bonchev–Trinajstić information content (AvgIpc) is 2.65. The van der Waals surface area contributed by atoms with E-state index in [1.165, 1.54) is 6.92 Å². The highest BCUT2D eigenvalue weighted by Gasteiger charge is 2.29. The van der Waals surface area contributed by atoms with E-state index < -0.39 is 0 Å². The smallest absolute Gasteiger partial charge is 0.409 e. The van der Waals surface area contributed by atoms with Crippen LogP contribution >= 0.6 is 0 Å². The van der Waals surface area contributed by atoms with Gasteiger partial charge in [-0.3, -0.25) is 14.6 Å². The number of pyridine rings is 1. The summed E-state index contributed by atoms with van der Waals surface area (Å²) < 4.78 is 5.00. The Morgan fingerprint density at radius 2 is 2.08 bits per heavy atom. The molecule has 0 bridgehead atoms. The van der Waals surface area contributed by atoms with E-state index in [0.717, 1.165) is 5.56 Å². The van der Waals surface area contributed by atoms with Crippen LogP contribution in [0.3, 0.4) is 0 Å². The Morgan fingerprint density at radius 3 is 2.65 bits per heavy atom. The third kappa shape index (κ3) is 5.72. The van der Waals surface area contributed by atoms with E-state index in [-0.39, 0.29) is 30.5 Å². The van der Waals surface area contributed by atoms with Gasteiger partial charge in [-0.2, -0.15) is 0 Å². The van der Waals surface area contributed by atoms with Crippen molar-refractivity contribution in [2.45, 2.75) is 39.3 Å². The van der Waals surface area contributed by atoms with Gasteiger partial charge in [-0.1, -0.05) is 6.07 Å². The van der Waals surface area contributed by atoms with Gasteiger partial charge in [0.05, 0.1) is 13.2 Å². The molecule has 8 nitrogen and oxygen atoms in total. The van der Waals surface area contributed by atoms with Crippen molar-refractivity contribution < 1.29 is 19.1 Å². The summed E-state index contributed by atoms with van der Waals surface area (Å²) in [6.07, 6.45) is 4.30. The molecule has 26 heavy (non-hydrogen) atoms. The number of nitrogens with zero attached hydrogens (tertiary/aromatic N) is 3. The quantitative estimate of drug-likeness (QED) is 0.820. The third-order valence-electron chi connectivity index (χ3n) is 4.36. The van der Waals surface area contributed by atoms with Crippen molar-refractivity contribution >= 4 is 17.9 Å². The molecule has 1 aliphatic heterocycles. The number of carbonyl (C=O) groups excluding carboxylic acids is 3. The summed E-state index contributed by atoms with van der Waals surface area (Å²) in [5, 5.41) is 2.81. The molecule has 0 saturated carbocycles. The molecular weight excluding hydrogens is 336 g/mol. The Hall–Kier alpha value is -2.64. The van der Waals surface area contributed by atoms with Crippen molar-refractivity contribution in [3.8, 4) is 0 Å². The summed E-state index contributed by atoms with van der Waals surface area (Å²) in [4.78, 5) is 43.2. The van der Waals surface area contributed by atoms with Gasteiger partial charge in [-0.25, -0.2) is 4.79 Å². The van der Waals surface area contributed by atoms with Gasteiger partial charge in [0.15, 0.2) is 0 Å². The molecule has 3 amide bonds. The van der Waals surface area contributed by atoms with E-state index in [0.29, 0.717) is 39.1 Å². The Morgan fingerprint density at radius 1 is 1.35 bits per heavy atom. The van der Waals surface area contributed by atoms with Crippen LogP contribution in [0.2, 0.25) is 0 Å². The lowest BCUT2D eigenvalue weighted by molar-refractivity contribution is -0.137. The van der Waals surface area contributed by atoms with Crippen LogP contribution < -0.4 is 5.32 Å². The van der Waals surface area contributed by atoms with E-state index in [4.69, 9.17) is 4.74 Å². The molecule has 2 heterocycles. The summed E-state index contributed by atoms with van der Waals surface area (Å²) in [7, 11) is 0. The first-order valence-corrected chi connectivity index (χ1v) is 8.85. The van der Waals surface area contributed by atoms with E-state index in [1.807, 2.05) is 6.07 Å². The third-order valence-corrected chi connectivity index (χ3v) is 4.36. The van der Waals surface area contributed by atoms with E-state index >= 15 is 0 Å². The Balaban J connectivity index is 1.84. The molecule has 1 aliphatic rings. The molecule has 0 atom stereocenters. The number of hydrogen-bond acceptors (Lipinski definition) is 5. The summed E-state index contributed by atoms with van der Waals surface area (Å²) in [6.45, 7) is 5.00. The predicted molar refractivity (Wildman–Crippen MR) is 95.1 cm³/mol. The molecule has 142 valence electrons. The minimum Gasteiger partial charge on any atom is -0.450 e.